The second-order valence-electron chi connectivity index (χ2n) is 4.51. The Labute approximate surface area is 81.5 Å². The maximum atomic E-state index is 11.0. The monoisotopic (exact) mass is 180 g/mol. The molecule has 1 heteroatoms. The highest BCUT2D eigenvalue weighted by Crippen LogP contribution is 2.27. The van der Waals surface area contributed by atoms with Gasteiger partial charge in [-0.1, -0.05) is 25.5 Å². The fraction of sp³-hybridized carbons (Fsp3) is 0.583. The molecule has 0 aliphatic carbocycles. The van der Waals surface area contributed by atoms with Gasteiger partial charge in [0.1, 0.15) is 0 Å². The minimum Gasteiger partial charge on any atom is -0.295 e. The van der Waals surface area contributed by atoms with Gasteiger partial charge in [-0.2, -0.15) is 0 Å². The summed E-state index contributed by atoms with van der Waals surface area (Å²) in [6.07, 6.45) is 2.96. The van der Waals surface area contributed by atoms with Crippen LogP contribution >= 0.6 is 0 Å². The molecule has 0 bridgehead atoms. The molecular weight excluding hydrogens is 160 g/mol. The summed E-state index contributed by atoms with van der Waals surface area (Å²) in [6, 6.07) is 0. The van der Waals surface area contributed by atoms with Crippen LogP contribution in [0.1, 0.15) is 41.0 Å². The second kappa shape index (κ2) is 4.40. The Hall–Kier alpha value is -0.850. The van der Waals surface area contributed by atoms with Crippen molar-refractivity contribution in [3.8, 4) is 0 Å². The Morgan fingerprint density at radius 2 is 1.77 bits per heavy atom. The van der Waals surface area contributed by atoms with Crippen molar-refractivity contribution >= 4 is 5.78 Å². The SMILES string of the molecule is C=C(C)CC(C)(C)C=C(C)C(C)=O. The quantitative estimate of drug-likeness (QED) is 0.478. The summed E-state index contributed by atoms with van der Waals surface area (Å²) in [6.45, 7) is 13.6. The highest BCUT2D eigenvalue weighted by Gasteiger charge is 2.15. The predicted molar refractivity (Wildman–Crippen MR) is 57.7 cm³/mol. The molecule has 0 saturated heterocycles. The maximum Gasteiger partial charge on any atom is 0.155 e. The molecule has 0 heterocycles. The van der Waals surface area contributed by atoms with Crippen LogP contribution in [-0.2, 0) is 4.79 Å². The van der Waals surface area contributed by atoms with Crippen LogP contribution in [-0.4, -0.2) is 5.78 Å². The van der Waals surface area contributed by atoms with Crippen molar-refractivity contribution in [2.45, 2.75) is 41.0 Å². The van der Waals surface area contributed by atoms with Crippen molar-refractivity contribution in [1.29, 1.82) is 0 Å². The molecule has 0 N–H and O–H groups in total. The van der Waals surface area contributed by atoms with Crippen LogP contribution in [0.4, 0.5) is 0 Å². The van der Waals surface area contributed by atoms with E-state index in [1.165, 1.54) is 0 Å². The normalized spacial score (nSPS) is 12.8. The third kappa shape index (κ3) is 5.40. The van der Waals surface area contributed by atoms with E-state index in [4.69, 9.17) is 0 Å². The van der Waals surface area contributed by atoms with Crippen molar-refractivity contribution in [3.05, 3.63) is 23.8 Å². The summed E-state index contributed by atoms with van der Waals surface area (Å²) in [5, 5.41) is 0. The molecule has 0 rings (SSSR count). The molecule has 0 aromatic rings. The van der Waals surface area contributed by atoms with Crippen molar-refractivity contribution < 1.29 is 4.79 Å². The van der Waals surface area contributed by atoms with E-state index < -0.39 is 0 Å². The topological polar surface area (TPSA) is 17.1 Å². The lowest BCUT2D eigenvalue weighted by atomic mass is 9.84. The fourth-order valence-electron chi connectivity index (χ4n) is 1.52. The number of ketones is 1. The van der Waals surface area contributed by atoms with Gasteiger partial charge in [0.25, 0.3) is 0 Å². The zero-order valence-electron chi connectivity index (χ0n) is 9.40. The van der Waals surface area contributed by atoms with Crippen LogP contribution in [0, 0.1) is 5.41 Å². The molecule has 0 atom stereocenters. The lowest BCUT2D eigenvalue weighted by Gasteiger charge is -2.21. The molecule has 1 nitrogen and oxygen atoms in total. The first kappa shape index (κ1) is 12.2. The fourth-order valence-corrected chi connectivity index (χ4v) is 1.52. The molecule has 13 heavy (non-hydrogen) atoms. The van der Waals surface area contributed by atoms with E-state index in [1.807, 2.05) is 19.9 Å². The summed E-state index contributed by atoms with van der Waals surface area (Å²) in [5.41, 5.74) is 2.03. The highest BCUT2D eigenvalue weighted by molar-refractivity contribution is 5.92. The van der Waals surface area contributed by atoms with Gasteiger partial charge in [-0.05, 0) is 38.2 Å². The van der Waals surface area contributed by atoms with Crippen LogP contribution in [0.15, 0.2) is 23.8 Å². The average Bonchev–Trinajstić information content (AvgIpc) is 1.81. The zero-order valence-corrected chi connectivity index (χ0v) is 9.40. The Morgan fingerprint density at radius 1 is 1.31 bits per heavy atom. The van der Waals surface area contributed by atoms with Crippen LogP contribution in [0.5, 0.6) is 0 Å². The van der Waals surface area contributed by atoms with E-state index in [9.17, 15) is 4.79 Å². The number of carbonyl (C=O) groups is 1. The summed E-state index contributed by atoms with van der Waals surface area (Å²) in [5.74, 6) is 0.148. The molecule has 0 aromatic heterocycles. The van der Waals surface area contributed by atoms with Gasteiger partial charge < -0.3 is 0 Å². The Morgan fingerprint density at radius 3 is 2.08 bits per heavy atom. The first-order valence-corrected chi connectivity index (χ1v) is 4.59. The van der Waals surface area contributed by atoms with Gasteiger partial charge in [-0.25, -0.2) is 0 Å². The Balaban J connectivity index is 4.56. The number of Topliss-reactive ketones (excluding diaryl/α,β-unsaturated/α-hetero) is 1. The largest absolute Gasteiger partial charge is 0.295 e. The van der Waals surface area contributed by atoms with Gasteiger partial charge in [0.15, 0.2) is 5.78 Å². The molecule has 0 amide bonds. The standard InChI is InChI=1S/C12H20O/c1-9(2)7-12(5,6)8-10(3)11(4)13/h8H,1,7H2,2-6H3. The Kier molecular flexibility index (Phi) is 4.12. The minimum atomic E-state index is 0.0432. The molecule has 0 saturated carbocycles. The van der Waals surface area contributed by atoms with E-state index >= 15 is 0 Å². The molecule has 0 aliphatic rings. The van der Waals surface area contributed by atoms with E-state index in [1.54, 1.807) is 6.92 Å². The van der Waals surface area contributed by atoms with Crippen molar-refractivity contribution in [1.82, 2.24) is 0 Å². The number of carbonyl (C=O) groups excluding carboxylic acids is 1. The van der Waals surface area contributed by atoms with Crippen molar-refractivity contribution in [3.63, 3.8) is 0 Å². The summed E-state index contributed by atoms with van der Waals surface area (Å²) in [4.78, 5) is 11.0. The van der Waals surface area contributed by atoms with E-state index in [2.05, 4.69) is 20.4 Å². The lowest BCUT2D eigenvalue weighted by Crippen LogP contribution is -2.10. The van der Waals surface area contributed by atoms with Crippen molar-refractivity contribution in [2.75, 3.05) is 0 Å². The third-order valence-corrected chi connectivity index (χ3v) is 1.92. The third-order valence-electron chi connectivity index (χ3n) is 1.92. The van der Waals surface area contributed by atoms with Gasteiger partial charge >= 0.3 is 0 Å². The number of hydrogen-bond acceptors (Lipinski definition) is 1. The van der Waals surface area contributed by atoms with Gasteiger partial charge in [0.05, 0.1) is 0 Å². The predicted octanol–water partition coefficient (Wildman–Crippen LogP) is 3.51. The van der Waals surface area contributed by atoms with Gasteiger partial charge in [-0.15, -0.1) is 6.58 Å². The van der Waals surface area contributed by atoms with Crippen molar-refractivity contribution in [2.24, 2.45) is 5.41 Å². The molecule has 0 spiro atoms. The van der Waals surface area contributed by atoms with Gasteiger partial charge in [0.2, 0.25) is 0 Å². The molecule has 0 unspecified atom stereocenters. The Bertz CT molecular complexity index is 244. The number of rotatable bonds is 4. The second-order valence-corrected chi connectivity index (χ2v) is 4.51. The first-order chi connectivity index (χ1) is 5.74. The highest BCUT2D eigenvalue weighted by atomic mass is 16.1. The smallest absolute Gasteiger partial charge is 0.155 e. The minimum absolute atomic E-state index is 0.0432. The van der Waals surface area contributed by atoms with Gasteiger partial charge in [0, 0.05) is 0 Å². The lowest BCUT2D eigenvalue weighted by molar-refractivity contribution is -0.113. The van der Waals surface area contributed by atoms with E-state index in [0.717, 1.165) is 17.6 Å². The van der Waals surface area contributed by atoms with Crippen LogP contribution in [0.3, 0.4) is 0 Å². The molecule has 74 valence electrons. The maximum absolute atomic E-state index is 11.0. The van der Waals surface area contributed by atoms with Crippen LogP contribution in [0.25, 0.3) is 0 Å². The molecule has 0 fully saturated rings. The number of hydrogen-bond donors (Lipinski definition) is 0. The molecule has 0 aromatic carbocycles. The molecule has 0 radical (unpaired) electrons. The molecular formula is C12H20O. The van der Waals surface area contributed by atoms with Crippen LogP contribution in [0.2, 0.25) is 0 Å². The van der Waals surface area contributed by atoms with E-state index in [0.29, 0.717) is 0 Å². The summed E-state index contributed by atoms with van der Waals surface area (Å²) >= 11 is 0. The van der Waals surface area contributed by atoms with E-state index in [-0.39, 0.29) is 11.2 Å². The summed E-state index contributed by atoms with van der Waals surface area (Å²) in [7, 11) is 0. The van der Waals surface area contributed by atoms with Crippen LogP contribution < -0.4 is 0 Å². The average molecular weight is 180 g/mol. The number of allylic oxidation sites excluding steroid dienone is 3. The zero-order chi connectivity index (χ0) is 10.6. The summed E-state index contributed by atoms with van der Waals surface area (Å²) < 4.78 is 0. The first-order valence-electron chi connectivity index (χ1n) is 4.59. The van der Waals surface area contributed by atoms with Gasteiger partial charge in [-0.3, -0.25) is 4.79 Å². The molecule has 0 aliphatic heterocycles.